The zero-order valence-electron chi connectivity index (χ0n) is 6.32. The number of hydrogen-bond donors (Lipinski definition) is 2. The minimum atomic E-state index is -0.736. The Bertz CT molecular complexity index is 151. The first-order valence-corrected chi connectivity index (χ1v) is 4.93. The fourth-order valence-corrected chi connectivity index (χ4v) is 2.32. The average Bonchev–Trinajstić information content (AvgIpc) is 2.13. The molecule has 2 atom stereocenters. The van der Waals surface area contributed by atoms with Crippen LogP contribution in [0.25, 0.3) is 0 Å². The summed E-state index contributed by atoms with van der Waals surface area (Å²) in [4.78, 5) is 10.6. The smallest absolute Gasteiger partial charge is 0.308 e. The van der Waals surface area contributed by atoms with Crippen LogP contribution >= 0.6 is 11.8 Å². The minimum absolute atomic E-state index is 0.137. The van der Waals surface area contributed by atoms with Gasteiger partial charge in [-0.1, -0.05) is 0 Å². The van der Waals surface area contributed by atoms with Crippen LogP contribution in [-0.2, 0) is 4.79 Å². The molecule has 4 heteroatoms. The summed E-state index contributed by atoms with van der Waals surface area (Å²) in [7, 11) is 0. The van der Waals surface area contributed by atoms with Gasteiger partial charge in [0.2, 0.25) is 0 Å². The van der Waals surface area contributed by atoms with Crippen molar-refractivity contribution in [3.63, 3.8) is 0 Å². The maximum atomic E-state index is 10.6. The molecule has 1 heterocycles. The Morgan fingerprint density at radius 2 is 2.09 bits per heavy atom. The van der Waals surface area contributed by atoms with Crippen molar-refractivity contribution in [2.24, 2.45) is 11.7 Å². The van der Waals surface area contributed by atoms with Crippen molar-refractivity contribution in [3.8, 4) is 0 Å². The maximum Gasteiger partial charge on any atom is 0.308 e. The van der Waals surface area contributed by atoms with E-state index in [1.165, 1.54) is 0 Å². The fourth-order valence-electron chi connectivity index (χ4n) is 1.25. The second-order valence-corrected chi connectivity index (χ2v) is 4.02. The lowest BCUT2D eigenvalue weighted by Crippen LogP contribution is -2.35. The number of carboxylic acid groups (broad SMARTS) is 1. The molecule has 1 aliphatic rings. The molecular weight excluding hydrogens is 162 g/mol. The highest BCUT2D eigenvalue weighted by molar-refractivity contribution is 7.99. The van der Waals surface area contributed by atoms with Crippen molar-refractivity contribution in [2.75, 3.05) is 11.5 Å². The average molecular weight is 175 g/mol. The fraction of sp³-hybridized carbons (Fsp3) is 0.857. The molecule has 1 aliphatic heterocycles. The minimum Gasteiger partial charge on any atom is -0.481 e. The standard InChI is InChI=1S/C7H13NO2S/c8-6-2-4-11-3-1-5(6)7(9)10/h5-6H,1-4,8H2,(H,9,10). The van der Waals surface area contributed by atoms with Gasteiger partial charge in [0.25, 0.3) is 0 Å². The normalized spacial score (nSPS) is 32.8. The number of carbonyl (C=O) groups is 1. The molecule has 0 aliphatic carbocycles. The molecule has 1 rings (SSSR count). The highest BCUT2D eigenvalue weighted by Gasteiger charge is 2.26. The zero-order chi connectivity index (χ0) is 8.27. The van der Waals surface area contributed by atoms with Gasteiger partial charge in [-0.25, -0.2) is 0 Å². The number of nitrogens with two attached hydrogens (primary N) is 1. The van der Waals surface area contributed by atoms with Gasteiger partial charge in [-0.05, 0) is 24.3 Å². The van der Waals surface area contributed by atoms with Crippen LogP contribution in [0.1, 0.15) is 12.8 Å². The summed E-state index contributed by atoms with van der Waals surface area (Å²) in [5, 5.41) is 8.74. The van der Waals surface area contributed by atoms with Gasteiger partial charge in [0, 0.05) is 6.04 Å². The molecule has 0 amide bonds. The summed E-state index contributed by atoms with van der Waals surface area (Å²) in [6.45, 7) is 0. The number of rotatable bonds is 1. The lowest BCUT2D eigenvalue weighted by molar-refractivity contribution is -0.142. The van der Waals surface area contributed by atoms with E-state index in [1.807, 2.05) is 0 Å². The summed E-state index contributed by atoms with van der Waals surface area (Å²) < 4.78 is 0. The molecule has 11 heavy (non-hydrogen) atoms. The van der Waals surface area contributed by atoms with Gasteiger partial charge < -0.3 is 10.8 Å². The van der Waals surface area contributed by atoms with Gasteiger partial charge in [0.05, 0.1) is 5.92 Å². The van der Waals surface area contributed by atoms with Gasteiger partial charge >= 0.3 is 5.97 Å². The Hall–Kier alpha value is -0.220. The summed E-state index contributed by atoms with van der Waals surface area (Å²) in [5.74, 6) is 0.889. The van der Waals surface area contributed by atoms with Crippen LogP contribution in [0.3, 0.4) is 0 Å². The molecule has 0 bridgehead atoms. The van der Waals surface area contributed by atoms with Crippen LogP contribution in [0.5, 0.6) is 0 Å². The van der Waals surface area contributed by atoms with Crippen LogP contribution in [0.4, 0.5) is 0 Å². The van der Waals surface area contributed by atoms with Crippen molar-refractivity contribution in [2.45, 2.75) is 18.9 Å². The Morgan fingerprint density at radius 1 is 1.45 bits per heavy atom. The highest BCUT2D eigenvalue weighted by Crippen LogP contribution is 2.21. The third-order valence-electron chi connectivity index (χ3n) is 2.00. The number of carboxylic acids is 1. The van der Waals surface area contributed by atoms with E-state index < -0.39 is 5.97 Å². The van der Waals surface area contributed by atoms with Gasteiger partial charge in [-0.2, -0.15) is 11.8 Å². The molecule has 0 aromatic carbocycles. The summed E-state index contributed by atoms with van der Waals surface area (Å²) in [6, 6.07) is -0.137. The first-order chi connectivity index (χ1) is 5.22. The van der Waals surface area contributed by atoms with Crippen LogP contribution in [0.15, 0.2) is 0 Å². The Kier molecular flexibility index (Phi) is 3.20. The van der Waals surface area contributed by atoms with E-state index in [0.29, 0.717) is 0 Å². The van der Waals surface area contributed by atoms with E-state index in [9.17, 15) is 4.79 Å². The predicted octanol–water partition coefficient (Wildman–Crippen LogP) is 0.541. The lowest BCUT2D eigenvalue weighted by atomic mass is 9.96. The number of aliphatic carboxylic acids is 1. The van der Waals surface area contributed by atoms with Crippen LogP contribution in [0.2, 0.25) is 0 Å². The zero-order valence-corrected chi connectivity index (χ0v) is 7.14. The van der Waals surface area contributed by atoms with Gasteiger partial charge in [0.1, 0.15) is 0 Å². The van der Waals surface area contributed by atoms with E-state index in [1.54, 1.807) is 11.8 Å². The predicted molar refractivity (Wildman–Crippen MR) is 45.7 cm³/mol. The SMILES string of the molecule is NC1CCSCCC1C(=O)O. The molecule has 3 nitrogen and oxygen atoms in total. The molecule has 0 aromatic heterocycles. The number of hydrogen-bond acceptors (Lipinski definition) is 3. The topological polar surface area (TPSA) is 63.3 Å². The molecular formula is C7H13NO2S. The van der Waals surface area contributed by atoms with E-state index in [2.05, 4.69) is 0 Å². The second-order valence-electron chi connectivity index (χ2n) is 2.80. The van der Waals surface area contributed by atoms with Crippen molar-refractivity contribution >= 4 is 17.7 Å². The van der Waals surface area contributed by atoms with E-state index in [0.717, 1.165) is 24.3 Å². The second kappa shape index (κ2) is 3.97. The number of thioether (sulfide) groups is 1. The van der Waals surface area contributed by atoms with Crippen LogP contribution in [-0.4, -0.2) is 28.6 Å². The molecule has 0 aromatic rings. The molecule has 1 saturated heterocycles. The van der Waals surface area contributed by atoms with Crippen LogP contribution < -0.4 is 5.73 Å². The largest absolute Gasteiger partial charge is 0.481 e. The molecule has 2 unspecified atom stereocenters. The summed E-state index contributed by atoms with van der Waals surface area (Å²) in [5.41, 5.74) is 5.69. The van der Waals surface area contributed by atoms with E-state index in [-0.39, 0.29) is 12.0 Å². The highest BCUT2D eigenvalue weighted by atomic mass is 32.2. The summed E-state index contributed by atoms with van der Waals surface area (Å²) in [6.07, 6.45) is 1.56. The molecule has 64 valence electrons. The summed E-state index contributed by atoms with van der Waals surface area (Å²) >= 11 is 1.80. The van der Waals surface area contributed by atoms with E-state index in [4.69, 9.17) is 10.8 Å². The maximum absolute atomic E-state index is 10.6. The molecule has 3 N–H and O–H groups in total. The third-order valence-corrected chi connectivity index (χ3v) is 3.05. The Labute approximate surface area is 70.3 Å². The quantitative estimate of drug-likeness (QED) is 0.610. The third kappa shape index (κ3) is 2.38. The lowest BCUT2D eigenvalue weighted by Gasteiger charge is -2.15. The molecule has 0 saturated carbocycles. The molecule has 0 radical (unpaired) electrons. The van der Waals surface area contributed by atoms with Gasteiger partial charge in [-0.3, -0.25) is 4.79 Å². The first-order valence-electron chi connectivity index (χ1n) is 3.78. The monoisotopic (exact) mass is 175 g/mol. The van der Waals surface area contributed by atoms with Crippen molar-refractivity contribution in [1.29, 1.82) is 0 Å². The van der Waals surface area contributed by atoms with Gasteiger partial charge in [-0.15, -0.1) is 0 Å². The molecule has 0 spiro atoms. The Balaban J connectivity index is 2.52. The van der Waals surface area contributed by atoms with Crippen molar-refractivity contribution in [1.82, 2.24) is 0 Å². The Morgan fingerprint density at radius 3 is 2.73 bits per heavy atom. The van der Waals surface area contributed by atoms with E-state index >= 15 is 0 Å². The van der Waals surface area contributed by atoms with Gasteiger partial charge in [0.15, 0.2) is 0 Å². The molecule has 1 fully saturated rings. The van der Waals surface area contributed by atoms with Crippen molar-refractivity contribution < 1.29 is 9.90 Å². The van der Waals surface area contributed by atoms with Crippen LogP contribution in [0, 0.1) is 5.92 Å². The first kappa shape index (κ1) is 8.87. The van der Waals surface area contributed by atoms with Crippen molar-refractivity contribution in [3.05, 3.63) is 0 Å².